The SMILES string of the molecule is CC(C)(C)CNS(=O)(=O)c1ccc(Cl)c(Br)c1. The third-order valence-corrected chi connectivity index (χ3v) is 4.61. The van der Waals surface area contributed by atoms with Crippen molar-refractivity contribution in [3.63, 3.8) is 0 Å². The summed E-state index contributed by atoms with van der Waals surface area (Å²) in [6.45, 7) is 6.28. The van der Waals surface area contributed by atoms with Crippen molar-refractivity contribution in [2.75, 3.05) is 6.54 Å². The average Bonchev–Trinajstić information content (AvgIpc) is 2.18. The van der Waals surface area contributed by atoms with Crippen LogP contribution < -0.4 is 4.72 Å². The Bertz CT molecular complexity index is 509. The molecular formula is C11H15BrClNO2S. The maximum Gasteiger partial charge on any atom is 0.240 e. The molecule has 17 heavy (non-hydrogen) atoms. The minimum atomic E-state index is -3.47. The summed E-state index contributed by atoms with van der Waals surface area (Å²) < 4.78 is 27.1. The van der Waals surface area contributed by atoms with Gasteiger partial charge in [-0.15, -0.1) is 0 Å². The van der Waals surface area contributed by atoms with Crippen LogP contribution in [0.5, 0.6) is 0 Å². The molecular weight excluding hydrogens is 326 g/mol. The van der Waals surface area contributed by atoms with Gasteiger partial charge in [0, 0.05) is 11.0 Å². The van der Waals surface area contributed by atoms with E-state index in [0.29, 0.717) is 16.0 Å². The molecule has 0 atom stereocenters. The lowest BCUT2D eigenvalue weighted by Crippen LogP contribution is -2.32. The van der Waals surface area contributed by atoms with Gasteiger partial charge in [-0.2, -0.15) is 0 Å². The zero-order chi connectivity index (χ0) is 13.3. The van der Waals surface area contributed by atoms with Crippen LogP contribution in [0.2, 0.25) is 5.02 Å². The van der Waals surface area contributed by atoms with Gasteiger partial charge in [0.25, 0.3) is 0 Å². The number of halogens is 2. The van der Waals surface area contributed by atoms with Crippen LogP contribution in [0.1, 0.15) is 20.8 Å². The lowest BCUT2D eigenvalue weighted by molar-refractivity contribution is 0.407. The van der Waals surface area contributed by atoms with Crippen molar-refractivity contribution in [2.45, 2.75) is 25.7 Å². The van der Waals surface area contributed by atoms with E-state index in [1.807, 2.05) is 20.8 Å². The zero-order valence-electron chi connectivity index (χ0n) is 9.92. The van der Waals surface area contributed by atoms with Crippen molar-refractivity contribution >= 4 is 37.6 Å². The summed E-state index contributed by atoms with van der Waals surface area (Å²) in [5.41, 5.74) is -0.100. The molecule has 3 nitrogen and oxygen atoms in total. The monoisotopic (exact) mass is 339 g/mol. The molecule has 1 N–H and O–H groups in total. The van der Waals surface area contributed by atoms with E-state index in [9.17, 15) is 8.42 Å². The van der Waals surface area contributed by atoms with E-state index in [2.05, 4.69) is 20.7 Å². The van der Waals surface area contributed by atoms with Crippen LogP contribution in [0.15, 0.2) is 27.6 Å². The van der Waals surface area contributed by atoms with Crippen molar-refractivity contribution in [3.05, 3.63) is 27.7 Å². The second kappa shape index (κ2) is 5.26. The molecule has 96 valence electrons. The molecule has 0 amide bonds. The summed E-state index contributed by atoms with van der Waals surface area (Å²) in [6, 6.07) is 4.53. The van der Waals surface area contributed by atoms with Gasteiger partial charge < -0.3 is 0 Å². The van der Waals surface area contributed by atoms with Gasteiger partial charge >= 0.3 is 0 Å². The summed E-state index contributed by atoms with van der Waals surface area (Å²) in [5, 5.41) is 0.486. The highest BCUT2D eigenvalue weighted by molar-refractivity contribution is 9.10. The van der Waals surface area contributed by atoms with Crippen LogP contribution in [-0.4, -0.2) is 15.0 Å². The Morgan fingerprint density at radius 3 is 2.41 bits per heavy atom. The quantitative estimate of drug-likeness (QED) is 0.916. The predicted molar refractivity (Wildman–Crippen MR) is 73.8 cm³/mol. The second-order valence-electron chi connectivity index (χ2n) is 4.96. The summed E-state index contributed by atoms with van der Waals surface area (Å²) in [6.07, 6.45) is 0. The standard InChI is InChI=1S/C11H15BrClNO2S/c1-11(2,3)7-14-17(15,16)8-4-5-10(13)9(12)6-8/h4-6,14H,7H2,1-3H3. The van der Waals surface area contributed by atoms with Crippen LogP contribution in [0.25, 0.3) is 0 Å². The van der Waals surface area contributed by atoms with E-state index in [0.717, 1.165) is 0 Å². The Morgan fingerprint density at radius 1 is 1.35 bits per heavy atom. The Labute approximate surface area is 116 Å². The highest BCUT2D eigenvalue weighted by Crippen LogP contribution is 2.25. The fraction of sp³-hybridized carbons (Fsp3) is 0.455. The number of benzene rings is 1. The van der Waals surface area contributed by atoms with Crippen molar-refractivity contribution < 1.29 is 8.42 Å². The number of hydrogen-bond acceptors (Lipinski definition) is 2. The fourth-order valence-electron chi connectivity index (χ4n) is 1.04. The first kappa shape index (κ1) is 15.0. The Hall–Kier alpha value is -0.100. The summed E-state index contributed by atoms with van der Waals surface area (Å²) in [4.78, 5) is 0.207. The molecule has 0 bridgehead atoms. The van der Waals surface area contributed by atoms with E-state index in [4.69, 9.17) is 11.6 Å². The molecule has 0 unspecified atom stereocenters. The Morgan fingerprint density at radius 2 is 1.94 bits per heavy atom. The number of sulfonamides is 1. The van der Waals surface area contributed by atoms with Gasteiger partial charge in [-0.1, -0.05) is 32.4 Å². The van der Waals surface area contributed by atoms with Crippen LogP contribution in [-0.2, 0) is 10.0 Å². The maximum atomic E-state index is 12.0. The molecule has 0 fully saturated rings. The smallest absolute Gasteiger partial charge is 0.211 e. The molecule has 1 rings (SSSR count). The highest BCUT2D eigenvalue weighted by atomic mass is 79.9. The van der Waals surface area contributed by atoms with Crippen LogP contribution >= 0.6 is 27.5 Å². The third-order valence-electron chi connectivity index (χ3n) is 1.99. The first-order chi connectivity index (χ1) is 7.62. The molecule has 0 aliphatic heterocycles. The third kappa shape index (κ3) is 4.58. The average molecular weight is 341 g/mol. The highest BCUT2D eigenvalue weighted by Gasteiger charge is 2.19. The van der Waals surface area contributed by atoms with Gasteiger partial charge in [-0.25, -0.2) is 13.1 Å². The minimum absolute atomic E-state index is 0.100. The molecule has 6 heteroatoms. The Kier molecular flexibility index (Phi) is 4.63. The molecule has 0 radical (unpaired) electrons. The van der Waals surface area contributed by atoms with Crippen molar-refractivity contribution in [3.8, 4) is 0 Å². The molecule has 1 aromatic carbocycles. The van der Waals surface area contributed by atoms with Crippen LogP contribution in [0.3, 0.4) is 0 Å². The van der Waals surface area contributed by atoms with Gasteiger partial charge in [0.15, 0.2) is 0 Å². The maximum absolute atomic E-state index is 12.0. The zero-order valence-corrected chi connectivity index (χ0v) is 13.1. The molecule has 0 saturated carbocycles. The number of hydrogen-bond donors (Lipinski definition) is 1. The van der Waals surface area contributed by atoms with E-state index in [-0.39, 0.29) is 10.3 Å². The lowest BCUT2D eigenvalue weighted by atomic mass is 9.98. The molecule has 0 aliphatic rings. The van der Waals surface area contributed by atoms with E-state index in [1.165, 1.54) is 12.1 Å². The van der Waals surface area contributed by atoms with Crippen LogP contribution in [0.4, 0.5) is 0 Å². The summed E-state index contributed by atoms with van der Waals surface area (Å²) in [7, 11) is -3.47. The van der Waals surface area contributed by atoms with Gasteiger partial charge in [-0.05, 0) is 39.5 Å². The fourth-order valence-corrected chi connectivity index (χ4v) is 3.00. The molecule has 0 spiro atoms. The largest absolute Gasteiger partial charge is 0.240 e. The minimum Gasteiger partial charge on any atom is -0.211 e. The molecule has 0 heterocycles. The molecule has 0 aliphatic carbocycles. The molecule has 0 saturated heterocycles. The van der Waals surface area contributed by atoms with E-state index < -0.39 is 10.0 Å². The summed E-state index contributed by atoms with van der Waals surface area (Å²) in [5.74, 6) is 0. The number of rotatable bonds is 3. The van der Waals surface area contributed by atoms with E-state index >= 15 is 0 Å². The van der Waals surface area contributed by atoms with Gasteiger partial charge in [0.2, 0.25) is 10.0 Å². The number of nitrogens with one attached hydrogen (secondary N) is 1. The first-order valence-electron chi connectivity index (χ1n) is 5.06. The molecule has 0 aromatic heterocycles. The topological polar surface area (TPSA) is 46.2 Å². The lowest BCUT2D eigenvalue weighted by Gasteiger charge is -2.18. The van der Waals surface area contributed by atoms with Crippen molar-refractivity contribution in [2.24, 2.45) is 5.41 Å². The second-order valence-corrected chi connectivity index (χ2v) is 7.99. The summed E-state index contributed by atoms with van der Waals surface area (Å²) >= 11 is 9.02. The van der Waals surface area contributed by atoms with Gasteiger partial charge in [0.05, 0.1) is 9.92 Å². The van der Waals surface area contributed by atoms with Crippen molar-refractivity contribution in [1.29, 1.82) is 0 Å². The van der Waals surface area contributed by atoms with E-state index in [1.54, 1.807) is 6.07 Å². The first-order valence-corrected chi connectivity index (χ1v) is 7.72. The van der Waals surface area contributed by atoms with Crippen LogP contribution in [0, 0.1) is 5.41 Å². The normalized spacial score (nSPS) is 12.8. The molecule has 1 aromatic rings. The van der Waals surface area contributed by atoms with Gasteiger partial charge in [0.1, 0.15) is 0 Å². The predicted octanol–water partition coefficient (Wildman–Crippen LogP) is 3.43. The Balaban J connectivity index is 2.94. The van der Waals surface area contributed by atoms with Crippen molar-refractivity contribution in [1.82, 2.24) is 4.72 Å². The van der Waals surface area contributed by atoms with Gasteiger partial charge in [-0.3, -0.25) is 0 Å².